The molecule has 0 atom stereocenters. The Morgan fingerprint density at radius 2 is 2.03 bits per heavy atom. The van der Waals surface area contributed by atoms with Crippen molar-refractivity contribution in [3.8, 4) is 39.2 Å². The number of amides is 1. The molecule has 1 amide bonds. The molecule has 0 saturated heterocycles. The van der Waals surface area contributed by atoms with Gasteiger partial charge >= 0.3 is 0 Å². The fraction of sp³-hybridized carbons (Fsp3) is 0.136. The number of para-hydroxylation sites is 1. The number of benzene rings is 2. The Bertz CT molecular complexity index is 1300. The van der Waals surface area contributed by atoms with Gasteiger partial charge in [-0.3, -0.25) is 9.48 Å². The molecule has 5 rings (SSSR count). The average Bonchev–Trinajstić information content (AvgIpc) is 3.53. The summed E-state index contributed by atoms with van der Waals surface area (Å²) in [4.78, 5) is 16.9. The molecule has 0 unspecified atom stereocenters. The lowest BCUT2D eigenvalue weighted by Gasteiger charge is -2.07. The van der Waals surface area contributed by atoms with E-state index in [0.29, 0.717) is 28.0 Å². The van der Waals surface area contributed by atoms with Gasteiger partial charge in [0.05, 0.1) is 5.69 Å². The lowest BCUT2D eigenvalue weighted by Crippen LogP contribution is -2.21. The summed E-state index contributed by atoms with van der Waals surface area (Å²) in [6.07, 6.45) is 0. The molecule has 8 nitrogen and oxygen atoms in total. The molecule has 1 N–H and O–H groups in total. The van der Waals surface area contributed by atoms with E-state index in [1.807, 2.05) is 23.6 Å². The van der Waals surface area contributed by atoms with E-state index in [4.69, 9.17) is 14.2 Å². The molecule has 3 heterocycles. The van der Waals surface area contributed by atoms with Crippen LogP contribution in [0.3, 0.4) is 0 Å². The zero-order valence-corrected chi connectivity index (χ0v) is 17.7. The van der Waals surface area contributed by atoms with Gasteiger partial charge in [0, 0.05) is 24.1 Å². The molecule has 10 heteroatoms. The number of rotatable bonds is 6. The number of thiazole rings is 1. The van der Waals surface area contributed by atoms with Crippen LogP contribution < -0.4 is 19.5 Å². The number of hydrogen-bond donors (Lipinski definition) is 1. The normalized spacial score (nSPS) is 12.1. The van der Waals surface area contributed by atoms with Crippen LogP contribution in [0.4, 0.5) is 10.2 Å². The van der Waals surface area contributed by atoms with Crippen LogP contribution in [0.1, 0.15) is 0 Å². The van der Waals surface area contributed by atoms with Gasteiger partial charge in [-0.05, 0) is 30.3 Å². The Morgan fingerprint density at radius 1 is 1.19 bits per heavy atom. The first-order valence-corrected chi connectivity index (χ1v) is 10.5. The lowest BCUT2D eigenvalue weighted by atomic mass is 10.1. The maximum atomic E-state index is 13.6. The number of nitrogens with zero attached hydrogens (tertiary/aromatic N) is 3. The molecule has 2 aromatic heterocycles. The summed E-state index contributed by atoms with van der Waals surface area (Å²) < 4.78 is 31.2. The number of carbonyl (C=O) groups is 1. The van der Waals surface area contributed by atoms with Crippen molar-refractivity contribution in [2.75, 3.05) is 18.7 Å². The summed E-state index contributed by atoms with van der Waals surface area (Å²) in [5, 5.41) is 9.79. The Kier molecular flexibility index (Phi) is 5.20. The van der Waals surface area contributed by atoms with E-state index < -0.39 is 11.7 Å². The Morgan fingerprint density at radius 3 is 2.91 bits per heavy atom. The number of anilines is 1. The molecule has 0 fully saturated rings. The van der Waals surface area contributed by atoms with E-state index in [2.05, 4.69) is 15.4 Å². The first kappa shape index (κ1) is 20.0. The van der Waals surface area contributed by atoms with Crippen LogP contribution in [0, 0.1) is 5.82 Å². The van der Waals surface area contributed by atoms with Crippen LogP contribution in [0.25, 0.3) is 22.0 Å². The molecule has 162 valence electrons. The predicted molar refractivity (Wildman–Crippen MR) is 116 cm³/mol. The van der Waals surface area contributed by atoms with E-state index in [9.17, 15) is 9.18 Å². The van der Waals surface area contributed by atoms with Crippen molar-refractivity contribution in [1.29, 1.82) is 0 Å². The van der Waals surface area contributed by atoms with Crippen LogP contribution >= 0.6 is 11.3 Å². The van der Waals surface area contributed by atoms with Crippen LogP contribution in [0.2, 0.25) is 0 Å². The van der Waals surface area contributed by atoms with Crippen molar-refractivity contribution in [2.45, 2.75) is 0 Å². The van der Waals surface area contributed by atoms with E-state index in [0.717, 1.165) is 11.3 Å². The minimum absolute atomic E-state index is 0.0205. The number of aromatic nitrogens is 3. The van der Waals surface area contributed by atoms with Crippen molar-refractivity contribution in [3.63, 3.8) is 0 Å². The molecule has 32 heavy (non-hydrogen) atoms. The molecule has 1 aliphatic heterocycles. The standard InChI is InChI=1S/C22H17FN4O4S/c1-27-20(25-21(28)10-29-17-5-3-2-4-14(17)23)9-15(26-27)22-24-16(11-32-22)13-6-7-18-19(8-13)31-12-30-18/h2-9,11H,10,12H2,1H3,(H,25,28). The Hall–Kier alpha value is -3.92. The molecule has 1 aliphatic rings. The molecule has 0 spiro atoms. The number of fused-ring (bicyclic) bond motifs is 1. The van der Waals surface area contributed by atoms with Gasteiger partial charge in [-0.1, -0.05) is 12.1 Å². The zero-order chi connectivity index (χ0) is 22.1. The van der Waals surface area contributed by atoms with Gasteiger partial charge in [-0.2, -0.15) is 5.10 Å². The number of aryl methyl sites for hydroxylation is 1. The average molecular weight is 452 g/mol. The minimum Gasteiger partial charge on any atom is -0.481 e. The van der Waals surface area contributed by atoms with E-state index >= 15 is 0 Å². The van der Waals surface area contributed by atoms with Crippen LogP contribution in [0.15, 0.2) is 53.9 Å². The van der Waals surface area contributed by atoms with Crippen LogP contribution in [-0.2, 0) is 11.8 Å². The summed E-state index contributed by atoms with van der Waals surface area (Å²) in [7, 11) is 1.71. The minimum atomic E-state index is -0.523. The van der Waals surface area contributed by atoms with Gasteiger partial charge in [0.2, 0.25) is 6.79 Å². The van der Waals surface area contributed by atoms with Crippen molar-refractivity contribution < 1.29 is 23.4 Å². The number of hydrogen-bond acceptors (Lipinski definition) is 7. The maximum absolute atomic E-state index is 13.6. The lowest BCUT2D eigenvalue weighted by molar-refractivity contribution is -0.118. The fourth-order valence-electron chi connectivity index (χ4n) is 3.15. The van der Waals surface area contributed by atoms with Crippen molar-refractivity contribution in [3.05, 3.63) is 59.7 Å². The van der Waals surface area contributed by atoms with Gasteiger partial charge < -0.3 is 19.5 Å². The Labute approximate surface area is 186 Å². The first-order valence-electron chi connectivity index (χ1n) is 9.64. The van der Waals surface area contributed by atoms with Gasteiger partial charge in [0.25, 0.3) is 5.91 Å². The second-order valence-corrected chi connectivity index (χ2v) is 7.77. The molecule has 0 aliphatic carbocycles. The largest absolute Gasteiger partial charge is 0.481 e. The SMILES string of the molecule is Cn1nc(-c2nc(-c3ccc4c(c3)OCO4)cs2)cc1NC(=O)COc1ccccc1F. The summed E-state index contributed by atoms with van der Waals surface area (Å²) in [6, 6.07) is 13.3. The second kappa shape index (κ2) is 8.31. The monoisotopic (exact) mass is 452 g/mol. The van der Waals surface area contributed by atoms with Crippen molar-refractivity contribution >= 4 is 23.1 Å². The van der Waals surface area contributed by atoms with Crippen LogP contribution in [0.5, 0.6) is 17.2 Å². The fourth-order valence-corrected chi connectivity index (χ4v) is 3.94. The van der Waals surface area contributed by atoms with Gasteiger partial charge in [-0.15, -0.1) is 11.3 Å². The molecular weight excluding hydrogens is 435 g/mol. The number of halogens is 1. The number of carbonyl (C=O) groups excluding carboxylic acids is 1. The third-order valence-electron chi connectivity index (χ3n) is 4.73. The quantitative estimate of drug-likeness (QED) is 0.474. The third kappa shape index (κ3) is 4.00. The van der Waals surface area contributed by atoms with Gasteiger partial charge in [0.1, 0.15) is 16.5 Å². The molecule has 0 bridgehead atoms. The molecular formula is C22H17FN4O4S. The van der Waals surface area contributed by atoms with Crippen LogP contribution in [-0.4, -0.2) is 34.1 Å². The van der Waals surface area contributed by atoms with Gasteiger partial charge in [0.15, 0.2) is 29.7 Å². The number of ether oxygens (including phenoxy) is 3. The highest BCUT2D eigenvalue weighted by Crippen LogP contribution is 2.37. The molecule has 4 aromatic rings. The summed E-state index contributed by atoms with van der Waals surface area (Å²) >= 11 is 1.44. The maximum Gasteiger partial charge on any atom is 0.263 e. The predicted octanol–water partition coefficient (Wildman–Crippen LogP) is 4.10. The summed E-state index contributed by atoms with van der Waals surface area (Å²) in [6.45, 7) is -0.109. The topological polar surface area (TPSA) is 87.5 Å². The second-order valence-electron chi connectivity index (χ2n) is 6.91. The van der Waals surface area contributed by atoms with Crippen molar-refractivity contribution in [2.24, 2.45) is 7.05 Å². The van der Waals surface area contributed by atoms with E-state index in [1.165, 1.54) is 28.2 Å². The molecule has 0 radical (unpaired) electrons. The summed E-state index contributed by atoms with van der Waals surface area (Å²) in [5.74, 6) is 0.952. The van der Waals surface area contributed by atoms with Crippen molar-refractivity contribution in [1.82, 2.24) is 14.8 Å². The van der Waals surface area contributed by atoms with E-state index in [-0.39, 0.29) is 19.1 Å². The van der Waals surface area contributed by atoms with Gasteiger partial charge in [-0.25, -0.2) is 9.37 Å². The summed E-state index contributed by atoms with van der Waals surface area (Å²) in [5.41, 5.74) is 2.32. The highest BCUT2D eigenvalue weighted by molar-refractivity contribution is 7.13. The first-order chi connectivity index (χ1) is 15.6. The number of nitrogens with one attached hydrogen (secondary N) is 1. The Balaban J connectivity index is 1.27. The highest BCUT2D eigenvalue weighted by atomic mass is 32.1. The highest BCUT2D eigenvalue weighted by Gasteiger charge is 2.17. The molecule has 0 saturated carbocycles. The van der Waals surface area contributed by atoms with E-state index in [1.54, 1.807) is 25.2 Å². The smallest absolute Gasteiger partial charge is 0.263 e. The zero-order valence-electron chi connectivity index (χ0n) is 16.9. The molecule has 2 aromatic carbocycles. The third-order valence-corrected chi connectivity index (χ3v) is 5.60.